The summed E-state index contributed by atoms with van der Waals surface area (Å²) in [6.07, 6.45) is 0. The molecule has 0 saturated heterocycles. The van der Waals surface area contributed by atoms with Gasteiger partial charge in [0.2, 0.25) is 0 Å². The van der Waals surface area contributed by atoms with Crippen LogP contribution in [0, 0.1) is 0 Å². The number of nitrogens with zero attached hydrogens (tertiary/aromatic N) is 1. The molecule has 0 spiro atoms. The summed E-state index contributed by atoms with van der Waals surface area (Å²) in [5.74, 6) is 0. The van der Waals surface area contributed by atoms with Gasteiger partial charge in [0.1, 0.15) is 0 Å². The maximum absolute atomic E-state index is 12.0. The van der Waals surface area contributed by atoms with Crippen molar-refractivity contribution in [2.75, 3.05) is 39.2 Å². The fourth-order valence-electron chi connectivity index (χ4n) is 1.86. The summed E-state index contributed by atoms with van der Waals surface area (Å²) in [5.41, 5.74) is 1.96. The SMILES string of the molecule is CCNC(C)c1cccc(NC(=O)N(C)CCOC)c1. The smallest absolute Gasteiger partial charge is 0.321 e. The van der Waals surface area contributed by atoms with Crippen molar-refractivity contribution in [2.24, 2.45) is 0 Å². The van der Waals surface area contributed by atoms with Crippen LogP contribution in [0.1, 0.15) is 25.5 Å². The van der Waals surface area contributed by atoms with E-state index in [1.807, 2.05) is 18.2 Å². The molecule has 2 amide bonds. The normalized spacial score (nSPS) is 12.0. The highest BCUT2D eigenvalue weighted by atomic mass is 16.5. The number of benzene rings is 1. The van der Waals surface area contributed by atoms with E-state index >= 15 is 0 Å². The van der Waals surface area contributed by atoms with Gasteiger partial charge >= 0.3 is 6.03 Å². The third-order valence-corrected chi connectivity index (χ3v) is 3.13. The number of rotatable bonds is 7. The van der Waals surface area contributed by atoms with Crippen LogP contribution in [-0.4, -0.2) is 44.8 Å². The summed E-state index contributed by atoms with van der Waals surface area (Å²) in [6, 6.07) is 8.03. The van der Waals surface area contributed by atoms with Gasteiger partial charge in [-0.15, -0.1) is 0 Å². The molecule has 0 saturated carbocycles. The Balaban J connectivity index is 2.63. The number of ether oxygens (including phenoxy) is 1. The molecular weight excluding hydrogens is 254 g/mol. The maximum atomic E-state index is 12.0. The lowest BCUT2D eigenvalue weighted by Gasteiger charge is -2.18. The number of anilines is 1. The summed E-state index contributed by atoms with van der Waals surface area (Å²) in [4.78, 5) is 13.6. The lowest BCUT2D eigenvalue weighted by atomic mass is 10.1. The number of hydrogen-bond acceptors (Lipinski definition) is 3. The van der Waals surface area contributed by atoms with Gasteiger partial charge in [-0.05, 0) is 31.2 Å². The van der Waals surface area contributed by atoms with E-state index in [9.17, 15) is 4.79 Å². The molecule has 0 aliphatic carbocycles. The predicted molar refractivity (Wildman–Crippen MR) is 82.1 cm³/mol. The standard InChI is InChI=1S/C15H25N3O2/c1-5-16-12(2)13-7-6-8-14(11-13)17-15(19)18(3)9-10-20-4/h6-8,11-12,16H,5,9-10H2,1-4H3,(H,17,19). The zero-order chi connectivity index (χ0) is 15.0. The molecule has 5 heteroatoms. The Kier molecular flexibility index (Phi) is 7.04. The first-order valence-electron chi connectivity index (χ1n) is 6.92. The number of amides is 2. The van der Waals surface area contributed by atoms with Crippen molar-refractivity contribution in [3.8, 4) is 0 Å². The monoisotopic (exact) mass is 279 g/mol. The number of urea groups is 1. The first kappa shape index (κ1) is 16.5. The van der Waals surface area contributed by atoms with E-state index in [0.29, 0.717) is 13.2 Å². The number of carbonyl (C=O) groups excluding carboxylic acids is 1. The van der Waals surface area contributed by atoms with Crippen molar-refractivity contribution in [1.29, 1.82) is 0 Å². The largest absolute Gasteiger partial charge is 0.383 e. The minimum atomic E-state index is -0.129. The fraction of sp³-hybridized carbons (Fsp3) is 0.533. The molecule has 0 aromatic heterocycles. The Hall–Kier alpha value is -1.59. The first-order chi connectivity index (χ1) is 9.58. The van der Waals surface area contributed by atoms with Crippen LogP contribution in [0.15, 0.2) is 24.3 Å². The average molecular weight is 279 g/mol. The van der Waals surface area contributed by atoms with Gasteiger partial charge in [0.15, 0.2) is 0 Å². The molecule has 0 aliphatic heterocycles. The third kappa shape index (κ3) is 5.19. The molecule has 0 radical (unpaired) electrons. The van der Waals surface area contributed by atoms with Crippen LogP contribution in [-0.2, 0) is 4.74 Å². The molecule has 20 heavy (non-hydrogen) atoms. The zero-order valence-electron chi connectivity index (χ0n) is 12.8. The van der Waals surface area contributed by atoms with Gasteiger partial charge < -0.3 is 20.3 Å². The highest BCUT2D eigenvalue weighted by molar-refractivity contribution is 5.89. The lowest BCUT2D eigenvalue weighted by Crippen LogP contribution is -2.33. The highest BCUT2D eigenvalue weighted by Gasteiger charge is 2.09. The van der Waals surface area contributed by atoms with Crippen molar-refractivity contribution >= 4 is 11.7 Å². The van der Waals surface area contributed by atoms with E-state index in [2.05, 4.69) is 30.5 Å². The van der Waals surface area contributed by atoms with Gasteiger partial charge in [0.25, 0.3) is 0 Å². The quantitative estimate of drug-likeness (QED) is 0.806. The Morgan fingerprint density at radius 2 is 2.20 bits per heavy atom. The minimum Gasteiger partial charge on any atom is -0.383 e. The molecule has 1 unspecified atom stereocenters. The second-order valence-electron chi connectivity index (χ2n) is 4.75. The van der Waals surface area contributed by atoms with E-state index in [-0.39, 0.29) is 12.1 Å². The Labute approximate surface area is 121 Å². The Bertz CT molecular complexity index is 423. The maximum Gasteiger partial charge on any atom is 0.321 e. The molecule has 1 aromatic rings. The van der Waals surface area contributed by atoms with Crippen molar-refractivity contribution < 1.29 is 9.53 Å². The number of methoxy groups -OCH3 is 1. The minimum absolute atomic E-state index is 0.129. The summed E-state index contributed by atoms with van der Waals surface area (Å²) in [7, 11) is 3.37. The van der Waals surface area contributed by atoms with E-state index in [1.54, 1.807) is 19.1 Å². The Morgan fingerprint density at radius 1 is 1.45 bits per heavy atom. The van der Waals surface area contributed by atoms with E-state index in [0.717, 1.165) is 17.8 Å². The van der Waals surface area contributed by atoms with Crippen molar-refractivity contribution in [2.45, 2.75) is 19.9 Å². The van der Waals surface area contributed by atoms with Gasteiger partial charge in [0, 0.05) is 32.4 Å². The topological polar surface area (TPSA) is 53.6 Å². The number of hydrogen-bond donors (Lipinski definition) is 2. The number of carbonyl (C=O) groups is 1. The van der Waals surface area contributed by atoms with Crippen molar-refractivity contribution in [3.63, 3.8) is 0 Å². The molecule has 1 atom stereocenters. The van der Waals surface area contributed by atoms with Crippen LogP contribution in [0.25, 0.3) is 0 Å². The van der Waals surface area contributed by atoms with Crippen molar-refractivity contribution in [3.05, 3.63) is 29.8 Å². The molecule has 0 fully saturated rings. The van der Waals surface area contributed by atoms with Gasteiger partial charge in [-0.1, -0.05) is 19.1 Å². The van der Waals surface area contributed by atoms with E-state index in [4.69, 9.17) is 4.74 Å². The summed E-state index contributed by atoms with van der Waals surface area (Å²) >= 11 is 0. The molecule has 5 nitrogen and oxygen atoms in total. The molecular formula is C15H25N3O2. The fourth-order valence-corrected chi connectivity index (χ4v) is 1.86. The summed E-state index contributed by atoms with van der Waals surface area (Å²) in [6.45, 7) is 6.19. The van der Waals surface area contributed by atoms with Crippen LogP contribution in [0.3, 0.4) is 0 Å². The van der Waals surface area contributed by atoms with Crippen molar-refractivity contribution in [1.82, 2.24) is 10.2 Å². The van der Waals surface area contributed by atoms with Crippen LogP contribution < -0.4 is 10.6 Å². The van der Waals surface area contributed by atoms with Crippen LogP contribution >= 0.6 is 0 Å². The first-order valence-corrected chi connectivity index (χ1v) is 6.92. The zero-order valence-corrected chi connectivity index (χ0v) is 12.8. The number of likely N-dealkylation sites (N-methyl/N-ethyl adjacent to an activating group) is 1. The molecule has 2 N–H and O–H groups in total. The second kappa shape index (κ2) is 8.55. The highest BCUT2D eigenvalue weighted by Crippen LogP contribution is 2.17. The summed E-state index contributed by atoms with van der Waals surface area (Å²) < 4.78 is 4.96. The third-order valence-electron chi connectivity index (χ3n) is 3.13. The van der Waals surface area contributed by atoms with Crippen LogP contribution in [0.4, 0.5) is 10.5 Å². The van der Waals surface area contributed by atoms with Gasteiger partial charge in [-0.25, -0.2) is 4.79 Å². The number of nitrogens with one attached hydrogen (secondary N) is 2. The molecule has 0 aliphatic rings. The van der Waals surface area contributed by atoms with Gasteiger partial charge in [-0.2, -0.15) is 0 Å². The van der Waals surface area contributed by atoms with E-state index in [1.165, 1.54) is 0 Å². The molecule has 0 heterocycles. The van der Waals surface area contributed by atoms with Gasteiger partial charge in [0.05, 0.1) is 6.61 Å². The lowest BCUT2D eigenvalue weighted by molar-refractivity contribution is 0.165. The Morgan fingerprint density at radius 3 is 2.85 bits per heavy atom. The van der Waals surface area contributed by atoms with Crippen LogP contribution in [0.2, 0.25) is 0 Å². The van der Waals surface area contributed by atoms with E-state index < -0.39 is 0 Å². The van der Waals surface area contributed by atoms with Gasteiger partial charge in [-0.3, -0.25) is 0 Å². The molecule has 1 aromatic carbocycles. The molecule has 1 rings (SSSR count). The molecule has 112 valence electrons. The van der Waals surface area contributed by atoms with Crippen LogP contribution in [0.5, 0.6) is 0 Å². The molecule has 0 bridgehead atoms. The average Bonchev–Trinajstić information content (AvgIpc) is 2.45. The predicted octanol–water partition coefficient (Wildman–Crippen LogP) is 2.47. The summed E-state index contributed by atoms with van der Waals surface area (Å²) in [5, 5.41) is 6.24. The second-order valence-corrected chi connectivity index (χ2v) is 4.75.